The van der Waals surface area contributed by atoms with Crippen LogP contribution in [0.15, 0.2) is 24.3 Å². The standard InChI is InChI=1S/C15H17N3O4/c1-18-7-10(8-18)22-14-5-9(3-4-13(14)21-2)11-6-12(15(19)20)17-16-11/h3-6,10H,7-8H2,1-2H3,(H,16,17)(H,19,20). The molecule has 2 N–H and O–H groups in total. The largest absolute Gasteiger partial charge is 0.493 e. The Morgan fingerprint density at radius 1 is 1.36 bits per heavy atom. The number of carbonyl (C=O) groups is 1. The van der Waals surface area contributed by atoms with Crippen molar-refractivity contribution in [2.75, 3.05) is 27.2 Å². The normalized spacial score (nSPS) is 15.4. The Morgan fingerprint density at radius 2 is 2.14 bits per heavy atom. The summed E-state index contributed by atoms with van der Waals surface area (Å²) in [5, 5.41) is 15.5. The highest BCUT2D eigenvalue weighted by atomic mass is 16.5. The fraction of sp³-hybridized carbons (Fsp3) is 0.333. The van der Waals surface area contributed by atoms with E-state index in [-0.39, 0.29) is 11.8 Å². The van der Waals surface area contributed by atoms with Gasteiger partial charge < -0.3 is 14.6 Å². The molecule has 7 nitrogen and oxygen atoms in total. The average molecular weight is 303 g/mol. The van der Waals surface area contributed by atoms with Crippen molar-refractivity contribution in [1.82, 2.24) is 15.1 Å². The van der Waals surface area contributed by atoms with E-state index in [1.165, 1.54) is 6.07 Å². The maximum absolute atomic E-state index is 10.9. The van der Waals surface area contributed by atoms with Crippen molar-refractivity contribution < 1.29 is 19.4 Å². The Balaban J connectivity index is 1.86. The molecule has 1 aromatic heterocycles. The van der Waals surface area contributed by atoms with Gasteiger partial charge >= 0.3 is 5.97 Å². The maximum Gasteiger partial charge on any atom is 0.353 e. The summed E-state index contributed by atoms with van der Waals surface area (Å²) in [6.07, 6.45) is 0.142. The van der Waals surface area contributed by atoms with Crippen LogP contribution in [0.1, 0.15) is 10.5 Å². The van der Waals surface area contributed by atoms with E-state index in [2.05, 4.69) is 15.1 Å². The third-order valence-corrected chi connectivity index (χ3v) is 3.59. The summed E-state index contributed by atoms with van der Waals surface area (Å²) in [4.78, 5) is 13.1. The number of nitrogens with one attached hydrogen (secondary N) is 1. The molecule has 0 aliphatic carbocycles. The van der Waals surface area contributed by atoms with Gasteiger partial charge in [-0.15, -0.1) is 0 Å². The van der Waals surface area contributed by atoms with Crippen LogP contribution < -0.4 is 9.47 Å². The summed E-state index contributed by atoms with van der Waals surface area (Å²) in [6.45, 7) is 1.75. The Labute approximate surface area is 127 Å². The molecule has 2 heterocycles. The average Bonchev–Trinajstić information content (AvgIpc) is 2.95. The van der Waals surface area contributed by atoms with Crippen molar-refractivity contribution in [3.05, 3.63) is 30.0 Å². The number of hydrogen-bond donors (Lipinski definition) is 2. The zero-order valence-corrected chi connectivity index (χ0v) is 12.4. The second-order valence-corrected chi connectivity index (χ2v) is 5.30. The molecule has 3 rings (SSSR count). The van der Waals surface area contributed by atoms with Crippen molar-refractivity contribution in [3.63, 3.8) is 0 Å². The maximum atomic E-state index is 10.9. The fourth-order valence-corrected chi connectivity index (χ4v) is 2.40. The highest BCUT2D eigenvalue weighted by Gasteiger charge is 2.26. The molecule has 0 saturated carbocycles. The topological polar surface area (TPSA) is 87.7 Å². The molecular weight excluding hydrogens is 286 g/mol. The Bertz CT molecular complexity index is 692. The molecule has 0 atom stereocenters. The highest BCUT2D eigenvalue weighted by Crippen LogP contribution is 2.33. The fourth-order valence-electron chi connectivity index (χ4n) is 2.40. The van der Waals surface area contributed by atoms with Crippen LogP contribution >= 0.6 is 0 Å². The van der Waals surface area contributed by atoms with Gasteiger partial charge in [-0.05, 0) is 31.3 Å². The summed E-state index contributed by atoms with van der Waals surface area (Å²) in [6, 6.07) is 6.92. The number of likely N-dealkylation sites (N-methyl/N-ethyl adjacent to an activating group) is 1. The minimum atomic E-state index is -1.04. The zero-order valence-electron chi connectivity index (χ0n) is 12.4. The number of carboxylic acid groups (broad SMARTS) is 1. The van der Waals surface area contributed by atoms with Crippen LogP contribution in [0, 0.1) is 0 Å². The molecule has 7 heteroatoms. The van der Waals surface area contributed by atoms with E-state index in [1.54, 1.807) is 13.2 Å². The predicted molar refractivity (Wildman–Crippen MR) is 79.4 cm³/mol. The summed E-state index contributed by atoms with van der Waals surface area (Å²) < 4.78 is 11.3. The van der Waals surface area contributed by atoms with Crippen LogP contribution in [0.5, 0.6) is 11.5 Å². The Hall–Kier alpha value is -2.54. The van der Waals surface area contributed by atoms with Crippen LogP contribution in [-0.2, 0) is 0 Å². The lowest BCUT2D eigenvalue weighted by Crippen LogP contribution is -2.51. The molecule has 0 unspecified atom stereocenters. The Morgan fingerprint density at radius 3 is 2.73 bits per heavy atom. The summed E-state index contributed by atoms with van der Waals surface area (Å²) in [7, 11) is 3.62. The first kappa shape index (κ1) is 14.4. The third kappa shape index (κ3) is 2.75. The summed E-state index contributed by atoms with van der Waals surface area (Å²) in [5.41, 5.74) is 1.37. The smallest absolute Gasteiger partial charge is 0.353 e. The zero-order chi connectivity index (χ0) is 15.7. The molecule has 1 aliphatic rings. The van der Waals surface area contributed by atoms with Crippen molar-refractivity contribution in [2.45, 2.75) is 6.10 Å². The number of rotatable bonds is 5. The molecule has 0 bridgehead atoms. The van der Waals surface area contributed by atoms with Gasteiger partial charge in [0.25, 0.3) is 0 Å². The van der Waals surface area contributed by atoms with Crippen molar-refractivity contribution in [1.29, 1.82) is 0 Å². The molecule has 1 aliphatic heterocycles. The van der Waals surface area contributed by atoms with E-state index >= 15 is 0 Å². The molecule has 1 aromatic carbocycles. The van der Waals surface area contributed by atoms with E-state index in [0.717, 1.165) is 18.7 Å². The van der Waals surface area contributed by atoms with E-state index in [1.807, 2.05) is 19.2 Å². The monoisotopic (exact) mass is 303 g/mol. The van der Waals surface area contributed by atoms with Gasteiger partial charge in [0, 0.05) is 18.7 Å². The third-order valence-electron chi connectivity index (χ3n) is 3.59. The van der Waals surface area contributed by atoms with E-state index < -0.39 is 5.97 Å². The number of nitrogens with zero attached hydrogens (tertiary/aromatic N) is 2. The number of ether oxygens (including phenoxy) is 2. The molecule has 22 heavy (non-hydrogen) atoms. The second-order valence-electron chi connectivity index (χ2n) is 5.30. The minimum absolute atomic E-state index is 0.0499. The number of methoxy groups -OCH3 is 1. The van der Waals surface area contributed by atoms with Gasteiger partial charge in [0.15, 0.2) is 11.5 Å². The Kier molecular flexibility index (Phi) is 3.72. The molecule has 0 spiro atoms. The number of H-pyrrole nitrogens is 1. The lowest BCUT2D eigenvalue weighted by atomic mass is 10.1. The number of benzene rings is 1. The number of aromatic amines is 1. The van der Waals surface area contributed by atoms with E-state index in [4.69, 9.17) is 14.6 Å². The summed E-state index contributed by atoms with van der Waals surface area (Å²) >= 11 is 0. The van der Waals surface area contributed by atoms with Gasteiger partial charge in [-0.2, -0.15) is 5.10 Å². The molecule has 1 fully saturated rings. The van der Waals surface area contributed by atoms with Crippen LogP contribution in [0.4, 0.5) is 0 Å². The van der Waals surface area contributed by atoms with E-state index in [9.17, 15) is 4.79 Å². The molecular formula is C15H17N3O4. The first-order chi connectivity index (χ1) is 10.6. The first-order valence-electron chi connectivity index (χ1n) is 6.89. The van der Waals surface area contributed by atoms with Gasteiger partial charge in [-0.3, -0.25) is 10.00 Å². The van der Waals surface area contributed by atoms with E-state index in [0.29, 0.717) is 17.2 Å². The van der Waals surface area contributed by atoms with Crippen LogP contribution in [0.3, 0.4) is 0 Å². The predicted octanol–water partition coefficient (Wildman–Crippen LogP) is 1.48. The van der Waals surface area contributed by atoms with Crippen molar-refractivity contribution in [2.24, 2.45) is 0 Å². The highest BCUT2D eigenvalue weighted by molar-refractivity contribution is 5.86. The number of aromatic nitrogens is 2. The van der Waals surface area contributed by atoms with Crippen molar-refractivity contribution in [3.8, 4) is 22.8 Å². The quantitative estimate of drug-likeness (QED) is 0.870. The minimum Gasteiger partial charge on any atom is -0.493 e. The second kappa shape index (κ2) is 5.69. The molecule has 0 radical (unpaired) electrons. The molecule has 1 saturated heterocycles. The van der Waals surface area contributed by atoms with Gasteiger partial charge in [-0.1, -0.05) is 0 Å². The lowest BCUT2D eigenvalue weighted by Gasteiger charge is -2.36. The van der Waals surface area contributed by atoms with Gasteiger partial charge in [-0.25, -0.2) is 4.79 Å². The van der Waals surface area contributed by atoms with Crippen LogP contribution in [0.2, 0.25) is 0 Å². The van der Waals surface area contributed by atoms with Crippen molar-refractivity contribution >= 4 is 5.97 Å². The lowest BCUT2D eigenvalue weighted by molar-refractivity contribution is 0.0370. The van der Waals surface area contributed by atoms with Crippen LogP contribution in [0.25, 0.3) is 11.3 Å². The van der Waals surface area contributed by atoms with Crippen LogP contribution in [-0.4, -0.2) is 59.5 Å². The molecule has 2 aromatic rings. The number of hydrogen-bond acceptors (Lipinski definition) is 5. The van der Waals surface area contributed by atoms with Gasteiger partial charge in [0.2, 0.25) is 0 Å². The number of likely N-dealkylation sites (tertiary alicyclic amines) is 1. The SMILES string of the molecule is COc1ccc(-c2cc(C(=O)O)[nH]n2)cc1OC1CN(C)C1. The number of carboxylic acids is 1. The van der Waals surface area contributed by atoms with Gasteiger partial charge in [0.1, 0.15) is 11.8 Å². The van der Waals surface area contributed by atoms with Gasteiger partial charge in [0.05, 0.1) is 12.8 Å². The molecule has 116 valence electrons. The summed E-state index contributed by atoms with van der Waals surface area (Å²) in [5.74, 6) is 0.242. The number of aromatic carboxylic acids is 1. The molecule has 0 amide bonds. The first-order valence-corrected chi connectivity index (χ1v) is 6.89.